The van der Waals surface area contributed by atoms with Crippen LogP contribution in [0.25, 0.3) is 0 Å². The lowest BCUT2D eigenvalue weighted by Gasteiger charge is -2.24. The molecule has 3 unspecified atom stereocenters. The number of esters is 1. The fraction of sp³-hybridized carbons (Fsp3) is 0.950. The van der Waals surface area contributed by atoms with E-state index in [9.17, 15) is 4.79 Å². The zero-order valence-corrected chi connectivity index (χ0v) is 15.7. The van der Waals surface area contributed by atoms with Crippen molar-refractivity contribution in [3.05, 3.63) is 0 Å². The van der Waals surface area contributed by atoms with Crippen LogP contribution in [-0.2, 0) is 9.53 Å². The van der Waals surface area contributed by atoms with Gasteiger partial charge in [0.2, 0.25) is 0 Å². The lowest BCUT2D eigenvalue weighted by atomic mass is 9.93. The zero-order valence-electron chi connectivity index (χ0n) is 15.7. The first kappa shape index (κ1) is 20.5. The lowest BCUT2D eigenvalue weighted by molar-refractivity contribution is -0.140. The molecule has 0 amide bonds. The Hall–Kier alpha value is -0.570. The van der Waals surface area contributed by atoms with E-state index >= 15 is 0 Å². The maximum atomic E-state index is 11.0. The van der Waals surface area contributed by atoms with Gasteiger partial charge in [0.05, 0.1) is 7.11 Å². The predicted molar refractivity (Wildman–Crippen MR) is 97.5 cm³/mol. The Morgan fingerprint density at radius 3 is 2.52 bits per heavy atom. The van der Waals surface area contributed by atoms with Gasteiger partial charge in [0.25, 0.3) is 0 Å². The molecule has 1 aliphatic rings. The highest BCUT2D eigenvalue weighted by molar-refractivity contribution is 5.68. The molecule has 3 nitrogen and oxygen atoms in total. The molecule has 1 fully saturated rings. The average Bonchev–Trinajstić information content (AvgIpc) is 2.90. The summed E-state index contributed by atoms with van der Waals surface area (Å²) in [4.78, 5) is 11.0. The minimum Gasteiger partial charge on any atom is -0.469 e. The molecule has 0 heterocycles. The predicted octanol–water partition coefficient (Wildman–Crippen LogP) is 5.08. The van der Waals surface area contributed by atoms with Crippen LogP contribution in [0.2, 0.25) is 0 Å². The molecule has 136 valence electrons. The third kappa shape index (κ3) is 8.74. The normalized spacial score (nSPS) is 24.0. The maximum Gasteiger partial charge on any atom is 0.305 e. The smallest absolute Gasteiger partial charge is 0.305 e. The third-order valence-electron chi connectivity index (χ3n) is 5.46. The summed E-state index contributed by atoms with van der Waals surface area (Å²) in [5.41, 5.74) is 0. The molecule has 23 heavy (non-hydrogen) atoms. The summed E-state index contributed by atoms with van der Waals surface area (Å²) in [5, 5.41) is 3.84. The van der Waals surface area contributed by atoms with Crippen molar-refractivity contribution in [3.63, 3.8) is 0 Å². The van der Waals surface area contributed by atoms with E-state index in [2.05, 4.69) is 23.9 Å². The van der Waals surface area contributed by atoms with E-state index in [1.54, 1.807) is 0 Å². The van der Waals surface area contributed by atoms with Crippen LogP contribution in [0.1, 0.15) is 90.9 Å². The van der Waals surface area contributed by atoms with E-state index in [0.29, 0.717) is 6.42 Å². The Balaban J connectivity index is 2.07. The molecule has 3 heteroatoms. The number of nitrogens with one attached hydrogen (secondary N) is 1. The second kappa shape index (κ2) is 12.8. The van der Waals surface area contributed by atoms with Gasteiger partial charge in [-0.3, -0.25) is 4.79 Å². The van der Waals surface area contributed by atoms with E-state index in [1.165, 1.54) is 64.9 Å². The Morgan fingerprint density at radius 1 is 1.04 bits per heavy atom. The SMILES string of the molecule is CCCCCCC1CCC(C)C1NCCCCCCC(=O)OC. The molecule has 1 rings (SSSR count). The van der Waals surface area contributed by atoms with Crippen LogP contribution in [0.5, 0.6) is 0 Å². The zero-order chi connectivity index (χ0) is 16.9. The summed E-state index contributed by atoms with van der Waals surface area (Å²) in [7, 11) is 1.47. The van der Waals surface area contributed by atoms with Crippen molar-refractivity contribution in [3.8, 4) is 0 Å². The van der Waals surface area contributed by atoms with E-state index in [1.807, 2.05) is 0 Å². The second-order valence-electron chi connectivity index (χ2n) is 7.38. The van der Waals surface area contributed by atoms with Crippen molar-refractivity contribution in [1.29, 1.82) is 0 Å². The van der Waals surface area contributed by atoms with Crippen LogP contribution in [0, 0.1) is 11.8 Å². The highest BCUT2D eigenvalue weighted by Gasteiger charge is 2.31. The van der Waals surface area contributed by atoms with Crippen molar-refractivity contribution in [2.24, 2.45) is 11.8 Å². The van der Waals surface area contributed by atoms with Crippen molar-refractivity contribution < 1.29 is 9.53 Å². The summed E-state index contributed by atoms with van der Waals surface area (Å²) < 4.78 is 4.67. The van der Waals surface area contributed by atoms with Crippen LogP contribution in [0.4, 0.5) is 0 Å². The van der Waals surface area contributed by atoms with Crippen LogP contribution in [0.15, 0.2) is 0 Å². The van der Waals surface area contributed by atoms with Crippen molar-refractivity contribution in [2.75, 3.05) is 13.7 Å². The van der Waals surface area contributed by atoms with Gasteiger partial charge < -0.3 is 10.1 Å². The molecule has 0 bridgehead atoms. The molecule has 0 aliphatic heterocycles. The van der Waals surface area contributed by atoms with Crippen molar-refractivity contribution >= 4 is 5.97 Å². The van der Waals surface area contributed by atoms with E-state index in [0.717, 1.165) is 37.3 Å². The van der Waals surface area contributed by atoms with Crippen molar-refractivity contribution in [2.45, 2.75) is 96.9 Å². The van der Waals surface area contributed by atoms with Gasteiger partial charge in [-0.1, -0.05) is 52.4 Å². The molecular weight excluding hydrogens is 286 g/mol. The highest BCUT2D eigenvalue weighted by Crippen LogP contribution is 2.34. The van der Waals surface area contributed by atoms with Gasteiger partial charge in [-0.2, -0.15) is 0 Å². The van der Waals surface area contributed by atoms with Gasteiger partial charge in [0.1, 0.15) is 0 Å². The van der Waals surface area contributed by atoms with Gasteiger partial charge >= 0.3 is 5.97 Å². The fourth-order valence-corrected chi connectivity index (χ4v) is 3.94. The van der Waals surface area contributed by atoms with E-state index < -0.39 is 0 Å². The summed E-state index contributed by atoms with van der Waals surface area (Å²) in [6.45, 7) is 5.84. The molecule has 0 radical (unpaired) electrons. The molecule has 0 aromatic carbocycles. The molecular formula is C20H39NO2. The molecule has 3 atom stereocenters. The number of unbranched alkanes of at least 4 members (excludes halogenated alkanes) is 6. The summed E-state index contributed by atoms with van der Waals surface area (Å²) >= 11 is 0. The molecule has 0 aromatic heterocycles. The number of ether oxygens (including phenoxy) is 1. The third-order valence-corrected chi connectivity index (χ3v) is 5.46. The molecule has 1 N–H and O–H groups in total. The Bertz CT molecular complexity index is 306. The number of hydrogen-bond donors (Lipinski definition) is 1. The summed E-state index contributed by atoms with van der Waals surface area (Å²) in [6.07, 6.45) is 14.9. The van der Waals surface area contributed by atoms with Crippen LogP contribution >= 0.6 is 0 Å². The largest absolute Gasteiger partial charge is 0.469 e. The maximum absolute atomic E-state index is 11.0. The highest BCUT2D eigenvalue weighted by atomic mass is 16.5. The first-order valence-electron chi connectivity index (χ1n) is 9.99. The van der Waals surface area contributed by atoms with Crippen molar-refractivity contribution in [1.82, 2.24) is 5.32 Å². The summed E-state index contributed by atoms with van der Waals surface area (Å²) in [6, 6.07) is 0.742. The van der Waals surface area contributed by atoms with Gasteiger partial charge in [0.15, 0.2) is 0 Å². The minimum atomic E-state index is -0.0752. The Labute approximate surface area is 143 Å². The van der Waals surface area contributed by atoms with Crippen LogP contribution < -0.4 is 5.32 Å². The topological polar surface area (TPSA) is 38.3 Å². The fourth-order valence-electron chi connectivity index (χ4n) is 3.94. The number of rotatable bonds is 13. The lowest BCUT2D eigenvalue weighted by Crippen LogP contribution is -2.37. The molecule has 1 aliphatic carbocycles. The monoisotopic (exact) mass is 325 g/mol. The number of carbonyl (C=O) groups is 1. The quantitative estimate of drug-likeness (QED) is 0.379. The second-order valence-corrected chi connectivity index (χ2v) is 7.38. The van der Waals surface area contributed by atoms with Crippen LogP contribution in [0.3, 0.4) is 0 Å². The van der Waals surface area contributed by atoms with Crippen LogP contribution in [-0.4, -0.2) is 25.7 Å². The Morgan fingerprint density at radius 2 is 1.78 bits per heavy atom. The van der Waals surface area contributed by atoms with E-state index in [-0.39, 0.29) is 5.97 Å². The Kier molecular flexibility index (Phi) is 11.4. The van der Waals surface area contributed by atoms with Gasteiger partial charge in [0, 0.05) is 12.5 Å². The first-order chi connectivity index (χ1) is 11.2. The number of methoxy groups -OCH3 is 1. The molecule has 0 saturated heterocycles. The first-order valence-corrected chi connectivity index (χ1v) is 9.99. The summed E-state index contributed by atoms with van der Waals surface area (Å²) in [5.74, 6) is 1.67. The molecule has 0 aromatic rings. The minimum absolute atomic E-state index is 0.0752. The van der Waals surface area contributed by atoms with E-state index in [4.69, 9.17) is 0 Å². The number of hydrogen-bond acceptors (Lipinski definition) is 3. The van der Waals surface area contributed by atoms with Gasteiger partial charge in [-0.25, -0.2) is 0 Å². The van der Waals surface area contributed by atoms with Gasteiger partial charge in [-0.15, -0.1) is 0 Å². The van der Waals surface area contributed by atoms with Gasteiger partial charge in [-0.05, 0) is 50.5 Å². The number of carbonyl (C=O) groups excluding carboxylic acids is 1. The average molecular weight is 326 g/mol. The standard InChI is InChI=1S/C20H39NO2/c1-4-5-6-9-12-18-15-14-17(2)20(18)21-16-11-8-7-10-13-19(22)23-3/h17-18,20-21H,4-16H2,1-3H3. The molecule has 0 spiro atoms. The molecule has 1 saturated carbocycles.